The van der Waals surface area contributed by atoms with Gasteiger partial charge in [0.1, 0.15) is 0 Å². The van der Waals surface area contributed by atoms with Crippen molar-refractivity contribution in [3.8, 4) is 0 Å². The number of benzene rings is 1. The van der Waals surface area contributed by atoms with Gasteiger partial charge in [-0.15, -0.1) is 0 Å². The zero-order chi connectivity index (χ0) is 13.8. The van der Waals surface area contributed by atoms with E-state index in [0.717, 1.165) is 11.1 Å². The zero-order valence-corrected chi connectivity index (χ0v) is 11.9. The molecule has 4 nitrogen and oxygen atoms in total. The minimum absolute atomic E-state index is 0.00469. The molecule has 1 rings (SSSR count). The Morgan fingerprint density at radius 2 is 1.67 bits per heavy atom. The third-order valence-corrected chi connectivity index (χ3v) is 4.89. The number of aliphatic hydroxyl groups is 1. The standard InChI is InChI=1S/C13H21NO3S/c1-4-14(11(2)3)18(16,17)10-13-7-5-12(9-15)6-8-13/h5-8,11,15H,4,9-10H2,1-3H3. The SMILES string of the molecule is CCN(C(C)C)S(=O)(=O)Cc1ccc(CO)cc1. The Morgan fingerprint density at radius 3 is 2.06 bits per heavy atom. The summed E-state index contributed by atoms with van der Waals surface area (Å²) in [6.07, 6.45) is 0. The normalized spacial score (nSPS) is 12.3. The van der Waals surface area contributed by atoms with Crippen molar-refractivity contribution < 1.29 is 13.5 Å². The van der Waals surface area contributed by atoms with Crippen LogP contribution in [0.5, 0.6) is 0 Å². The maximum Gasteiger partial charge on any atom is 0.218 e. The van der Waals surface area contributed by atoms with Crippen LogP contribution in [0.4, 0.5) is 0 Å². The van der Waals surface area contributed by atoms with Crippen LogP contribution in [0.2, 0.25) is 0 Å². The number of hydrogen-bond donors (Lipinski definition) is 1. The van der Waals surface area contributed by atoms with Gasteiger partial charge in [0.2, 0.25) is 10.0 Å². The highest BCUT2D eigenvalue weighted by Gasteiger charge is 2.23. The predicted molar refractivity (Wildman–Crippen MR) is 72.5 cm³/mol. The van der Waals surface area contributed by atoms with E-state index in [1.54, 1.807) is 24.3 Å². The fourth-order valence-corrected chi connectivity index (χ4v) is 3.73. The van der Waals surface area contributed by atoms with Crippen LogP contribution in [-0.4, -0.2) is 30.4 Å². The molecule has 0 aromatic heterocycles. The molecule has 1 aromatic rings. The lowest BCUT2D eigenvalue weighted by atomic mass is 10.2. The van der Waals surface area contributed by atoms with Crippen molar-refractivity contribution in [2.24, 2.45) is 0 Å². The molecule has 0 heterocycles. The van der Waals surface area contributed by atoms with Crippen molar-refractivity contribution in [2.75, 3.05) is 6.54 Å². The summed E-state index contributed by atoms with van der Waals surface area (Å²) in [5.74, 6) is 0.00469. The van der Waals surface area contributed by atoms with Gasteiger partial charge in [-0.1, -0.05) is 31.2 Å². The van der Waals surface area contributed by atoms with Gasteiger partial charge in [-0.3, -0.25) is 0 Å². The first kappa shape index (κ1) is 15.1. The lowest BCUT2D eigenvalue weighted by Gasteiger charge is -2.24. The molecule has 1 aromatic carbocycles. The Hall–Kier alpha value is -0.910. The Morgan fingerprint density at radius 1 is 1.17 bits per heavy atom. The quantitative estimate of drug-likeness (QED) is 0.857. The third kappa shape index (κ3) is 3.80. The second-order valence-corrected chi connectivity index (χ2v) is 6.45. The molecule has 0 bridgehead atoms. The van der Waals surface area contributed by atoms with Gasteiger partial charge >= 0.3 is 0 Å². The summed E-state index contributed by atoms with van der Waals surface area (Å²) in [7, 11) is -3.27. The first-order chi connectivity index (χ1) is 8.40. The Kier molecular flexibility index (Phi) is 5.31. The van der Waals surface area contributed by atoms with Gasteiger partial charge in [0, 0.05) is 12.6 Å². The van der Waals surface area contributed by atoms with Crippen LogP contribution in [0, 0.1) is 0 Å². The van der Waals surface area contributed by atoms with Gasteiger partial charge in [-0.05, 0) is 25.0 Å². The van der Waals surface area contributed by atoms with Gasteiger partial charge in [0.25, 0.3) is 0 Å². The van der Waals surface area contributed by atoms with E-state index in [0.29, 0.717) is 6.54 Å². The largest absolute Gasteiger partial charge is 0.392 e. The smallest absolute Gasteiger partial charge is 0.218 e. The maximum atomic E-state index is 12.2. The summed E-state index contributed by atoms with van der Waals surface area (Å²) in [5.41, 5.74) is 1.53. The van der Waals surface area contributed by atoms with E-state index in [1.165, 1.54) is 4.31 Å². The number of hydrogen-bond acceptors (Lipinski definition) is 3. The zero-order valence-electron chi connectivity index (χ0n) is 11.1. The van der Waals surface area contributed by atoms with E-state index >= 15 is 0 Å². The molecule has 0 amide bonds. The van der Waals surface area contributed by atoms with E-state index in [2.05, 4.69) is 0 Å². The molecular weight excluding hydrogens is 250 g/mol. The van der Waals surface area contributed by atoms with Crippen molar-refractivity contribution in [1.82, 2.24) is 4.31 Å². The molecule has 18 heavy (non-hydrogen) atoms. The number of sulfonamides is 1. The summed E-state index contributed by atoms with van der Waals surface area (Å²) in [5, 5.41) is 8.93. The number of nitrogens with zero attached hydrogens (tertiary/aromatic N) is 1. The topological polar surface area (TPSA) is 57.6 Å². The van der Waals surface area contributed by atoms with Crippen molar-refractivity contribution in [1.29, 1.82) is 0 Å². The van der Waals surface area contributed by atoms with Crippen LogP contribution in [0.25, 0.3) is 0 Å². The summed E-state index contributed by atoms with van der Waals surface area (Å²) < 4.78 is 25.9. The van der Waals surface area contributed by atoms with Crippen LogP contribution in [0.15, 0.2) is 24.3 Å². The summed E-state index contributed by atoms with van der Waals surface area (Å²) in [6, 6.07) is 6.96. The van der Waals surface area contributed by atoms with E-state index in [1.807, 2.05) is 20.8 Å². The molecule has 0 aliphatic carbocycles. The summed E-state index contributed by atoms with van der Waals surface area (Å²) >= 11 is 0. The van der Waals surface area contributed by atoms with Gasteiger partial charge in [-0.2, -0.15) is 4.31 Å². The lowest BCUT2D eigenvalue weighted by Crippen LogP contribution is -2.37. The molecule has 0 spiro atoms. The monoisotopic (exact) mass is 271 g/mol. The van der Waals surface area contributed by atoms with Crippen molar-refractivity contribution in [3.63, 3.8) is 0 Å². The Balaban J connectivity index is 2.87. The fraction of sp³-hybridized carbons (Fsp3) is 0.538. The minimum atomic E-state index is -3.27. The highest BCUT2D eigenvalue weighted by atomic mass is 32.2. The maximum absolute atomic E-state index is 12.2. The fourth-order valence-electron chi connectivity index (χ4n) is 1.92. The molecule has 0 saturated carbocycles. The summed E-state index contributed by atoms with van der Waals surface area (Å²) in [6.45, 7) is 6.03. The Bertz CT molecular complexity index is 466. The summed E-state index contributed by atoms with van der Waals surface area (Å²) in [4.78, 5) is 0. The third-order valence-electron chi connectivity index (χ3n) is 2.80. The molecule has 0 radical (unpaired) electrons. The molecule has 0 atom stereocenters. The first-order valence-electron chi connectivity index (χ1n) is 6.09. The molecule has 102 valence electrons. The molecular formula is C13H21NO3S. The molecule has 0 fully saturated rings. The molecule has 0 aliphatic rings. The van der Waals surface area contributed by atoms with E-state index in [-0.39, 0.29) is 18.4 Å². The van der Waals surface area contributed by atoms with Crippen LogP contribution >= 0.6 is 0 Å². The Labute approximate surface area is 109 Å². The average molecular weight is 271 g/mol. The minimum Gasteiger partial charge on any atom is -0.392 e. The molecule has 5 heteroatoms. The van der Waals surface area contributed by atoms with Crippen LogP contribution in [0.3, 0.4) is 0 Å². The van der Waals surface area contributed by atoms with Crippen molar-refractivity contribution in [3.05, 3.63) is 35.4 Å². The van der Waals surface area contributed by atoms with Crippen LogP contribution in [0.1, 0.15) is 31.9 Å². The second kappa shape index (κ2) is 6.31. The van der Waals surface area contributed by atoms with E-state index in [4.69, 9.17) is 5.11 Å². The van der Waals surface area contributed by atoms with Crippen LogP contribution < -0.4 is 0 Å². The van der Waals surface area contributed by atoms with Crippen molar-refractivity contribution in [2.45, 2.75) is 39.2 Å². The highest BCUT2D eigenvalue weighted by molar-refractivity contribution is 7.88. The number of rotatable bonds is 6. The first-order valence-corrected chi connectivity index (χ1v) is 7.69. The molecule has 0 unspecified atom stereocenters. The van der Waals surface area contributed by atoms with Crippen LogP contribution in [-0.2, 0) is 22.4 Å². The van der Waals surface area contributed by atoms with E-state index < -0.39 is 10.0 Å². The van der Waals surface area contributed by atoms with E-state index in [9.17, 15) is 8.42 Å². The number of aliphatic hydroxyl groups excluding tert-OH is 1. The molecule has 0 saturated heterocycles. The van der Waals surface area contributed by atoms with Gasteiger partial charge in [-0.25, -0.2) is 8.42 Å². The second-order valence-electron chi connectivity index (χ2n) is 4.53. The van der Waals surface area contributed by atoms with Gasteiger partial charge in [0.05, 0.1) is 12.4 Å². The average Bonchev–Trinajstić information content (AvgIpc) is 2.29. The van der Waals surface area contributed by atoms with Gasteiger partial charge < -0.3 is 5.11 Å². The molecule has 0 aliphatic heterocycles. The van der Waals surface area contributed by atoms with Crippen molar-refractivity contribution >= 4 is 10.0 Å². The van der Waals surface area contributed by atoms with Gasteiger partial charge in [0.15, 0.2) is 0 Å². The highest BCUT2D eigenvalue weighted by Crippen LogP contribution is 2.14. The lowest BCUT2D eigenvalue weighted by molar-refractivity contribution is 0.282. The predicted octanol–water partition coefficient (Wildman–Crippen LogP) is 1.74. The molecule has 1 N–H and O–H groups in total.